The van der Waals surface area contributed by atoms with Crippen molar-refractivity contribution in [1.29, 1.82) is 0 Å². The van der Waals surface area contributed by atoms with Crippen molar-refractivity contribution in [1.82, 2.24) is 10.3 Å². The lowest BCUT2D eigenvalue weighted by Crippen LogP contribution is -2.33. The van der Waals surface area contributed by atoms with Crippen LogP contribution in [-0.2, 0) is 9.53 Å². The summed E-state index contributed by atoms with van der Waals surface area (Å²) in [7, 11) is 0. The number of thiazole rings is 1. The summed E-state index contributed by atoms with van der Waals surface area (Å²) in [5.41, 5.74) is -0.458. The van der Waals surface area contributed by atoms with E-state index in [-0.39, 0.29) is 25.0 Å². The van der Waals surface area contributed by atoms with Crippen LogP contribution in [0.15, 0.2) is 11.6 Å². The Morgan fingerprint density at radius 1 is 1.47 bits per heavy atom. The summed E-state index contributed by atoms with van der Waals surface area (Å²) in [5, 5.41) is 7.42. The first kappa shape index (κ1) is 15.4. The lowest BCUT2D eigenvalue weighted by molar-refractivity contribution is -0.156. The number of ether oxygens (including phenoxy) is 1. The molecule has 6 nitrogen and oxygen atoms in total. The van der Waals surface area contributed by atoms with Gasteiger partial charge in [0.2, 0.25) is 0 Å². The fourth-order valence-corrected chi connectivity index (χ4v) is 1.66. The van der Waals surface area contributed by atoms with Crippen molar-refractivity contribution in [2.75, 3.05) is 11.9 Å². The summed E-state index contributed by atoms with van der Waals surface area (Å²) in [6.45, 7) is 5.89. The minimum absolute atomic E-state index is 0.148. The molecule has 2 N–H and O–H groups in total. The van der Waals surface area contributed by atoms with Crippen molar-refractivity contribution in [3.63, 3.8) is 0 Å². The highest BCUT2D eigenvalue weighted by Gasteiger charge is 2.19. The first-order chi connectivity index (χ1) is 8.93. The minimum atomic E-state index is -0.458. The van der Waals surface area contributed by atoms with Crippen LogP contribution in [0.5, 0.6) is 0 Å². The Bertz CT molecular complexity index is 418. The molecule has 0 bridgehead atoms. The van der Waals surface area contributed by atoms with Crippen LogP contribution < -0.4 is 10.6 Å². The van der Waals surface area contributed by atoms with Gasteiger partial charge in [0.15, 0.2) is 5.13 Å². The molecule has 1 aromatic heterocycles. The number of nitrogens with zero attached hydrogens (tertiary/aromatic N) is 1. The van der Waals surface area contributed by atoms with Gasteiger partial charge >= 0.3 is 12.0 Å². The van der Waals surface area contributed by atoms with Gasteiger partial charge in [0.25, 0.3) is 0 Å². The third-order valence-electron chi connectivity index (χ3n) is 2.51. The molecule has 0 saturated heterocycles. The largest absolute Gasteiger partial charge is 0.460 e. The minimum Gasteiger partial charge on any atom is -0.460 e. The fraction of sp³-hybridized carbons (Fsp3) is 0.583. The molecule has 19 heavy (non-hydrogen) atoms. The first-order valence-corrected chi connectivity index (χ1v) is 6.97. The number of carbonyl (C=O) groups is 2. The standard InChI is InChI=1S/C12H19N3O3S/c1-4-12(2,3)18-9(16)5-6-13-10(17)15-11-14-7-8-19-11/h7-8H,4-6H2,1-3H3,(H2,13,14,15,17). The van der Waals surface area contributed by atoms with Crippen LogP contribution in [-0.4, -0.2) is 29.1 Å². The summed E-state index contributed by atoms with van der Waals surface area (Å²) < 4.78 is 5.25. The van der Waals surface area contributed by atoms with Gasteiger partial charge in [0.1, 0.15) is 5.60 Å². The number of esters is 1. The van der Waals surface area contributed by atoms with Gasteiger partial charge in [0, 0.05) is 18.1 Å². The van der Waals surface area contributed by atoms with Crippen LogP contribution in [0.1, 0.15) is 33.6 Å². The molecule has 0 aromatic carbocycles. The lowest BCUT2D eigenvalue weighted by Gasteiger charge is -2.23. The van der Waals surface area contributed by atoms with Crippen LogP contribution in [0.3, 0.4) is 0 Å². The topological polar surface area (TPSA) is 80.3 Å². The molecule has 1 aromatic rings. The monoisotopic (exact) mass is 285 g/mol. The summed E-state index contributed by atoms with van der Waals surface area (Å²) in [4.78, 5) is 26.9. The molecular formula is C12H19N3O3S. The van der Waals surface area contributed by atoms with Crippen molar-refractivity contribution < 1.29 is 14.3 Å². The second kappa shape index (κ2) is 7.08. The Morgan fingerprint density at radius 3 is 2.79 bits per heavy atom. The Hall–Kier alpha value is -1.63. The highest BCUT2D eigenvalue weighted by Crippen LogP contribution is 2.14. The molecule has 7 heteroatoms. The van der Waals surface area contributed by atoms with Gasteiger partial charge in [-0.1, -0.05) is 6.92 Å². The van der Waals surface area contributed by atoms with Crippen LogP contribution in [0.4, 0.5) is 9.93 Å². The molecule has 0 aliphatic carbocycles. The summed E-state index contributed by atoms with van der Waals surface area (Å²) >= 11 is 1.33. The molecule has 0 spiro atoms. The molecular weight excluding hydrogens is 266 g/mol. The number of urea groups is 1. The number of hydrogen-bond donors (Lipinski definition) is 2. The van der Waals surface area contributed by atoms with E-state index in [9.17, 15) is 9.59 Å². The molecule has 0 aliphatic heterocycles. The van der Waals surface area contributed by atoms with Gasteiger partial charge in [-0.15, -0.1) is 11.3 Å². The molecule has 0 aliphatic rings. The van der Waals surface area contributed by atoms with Crippen LogP contribution in [0, 0.1) is 0 Å². The van der Waals surface area contributed by atoms with Crippen molar-refractivity contribution in [2.24, 2.45) is 0 Å². The zero-order valence-corrected chi connectivity index (χ0v) is 12.2. The van der Waals surface area contributed by atoms with E-state index in [1.807, 2.05) is 20.8 Å². The van der Waals surface area contributed by atoms with Crippen molar-refractivity contribution in [2.45, 2.75) is 39.2 Å². The Balaban J connectivity index is 2.19. The van der Waals surface area contributed by atoms with Gasteiger partial charge in [-0.3, -0.25) is 10.1 Å². The predicted molar refractivity (Wildman–Crippen MR) is 74.2 cm³/mol. The molecule has 1 heterocycles. The maximum Gasteiger partial charge on any atom is 0.321 e. The zero-order chi connectivity index (χ0) is 14.3. The van der Waals surface area contributed by atoms with Crippen molar-refractivity contribution in [3.05, 3.63) is 11.6 Å². The number of nitrogens with one attached hydrogen (secondary N) is 2. The van der Waals surface area contributed by atoms with Crippen molar-refractivity contribution >= 4 is 28.5 Å². The zero-order valence-electron chi connectivity index (χ0n) is 11.4. The molecule has 0 unspecified atom stereocenters. The van der Waals surface area contributed by atoms with Crippen LogP contribution in [0.2, 0.25) is 0 Å². The van der Waals surface area contributed by atoms with Gasteiger partial charge in [-0.25, -0.2) is 9.78 Å². The average molecular weight is 285 g/mol. The van der Waals surface area contributed by atoms with Crippen LogP contribution in [0.25, 0.3) is 0 Å². The highest BCUT2D eigenvalue weighted by atomic mass is 32.1. The number of aromatic nitrogens is 1. The Labute approximate surface area is 116 Å². The third kappa shape index (κ3) is 6.19. The summed E-state index contributed by atoms with van der Waals surface area (Å²) in [5.74, 6) is -0.318. The maximum atomic E-state index is 11.5. The van der Waals surface area contributed by atoms with E-state index in [1.54, 1.807) is 11.6 Å². The molecule has 0 atom stereocenters. The number of amides is 2. The molecule has 1 rings (SSSR count). The average Bonchev–Trinajstić information content (AvgIpc) is 2.81. The third-order valence-corrected chi connectivity index (χ3v) is 3.20. The van der Waals surface area contributed by atoms with Gasteiger partial charge in [-0.05, 0) is 20.3 Å². The van der Waals surface area contributed by atoms with E-state index >= 15 is 0 Å². The predicted octanol–water partition coefficient (Wildman–Crippen LogP) is 2.39. The van der Waals surface area contributed by atoms with Crippen LogP contribution >= 0.6 is 11.3 Å². The molecule has 0 fully saturated rings. The Kier molecular flexibility index (Phi) is 5.75. The van der Waals surface area contributed by atoms with E-state index in [0.717, 1.165) is 6.42 Å². The first-order valence-electron chi connectivity index (χ1n) is 6.09. The second-order valence-electron chi connectivity index (χ2n) is 4.56. The quantitative estimate of drug-likeness (QED) is 0.786. The lowest BCUT2D eigenvalue weighted by atomic mass is 10.1. The van der Waals surface area contributed by atoms with E-state index in [1.165, 1.54) is 11.3 Å². The number of rotatable bonds is 6. The van der Waals surface area contributed by atoms with Gasteiger partial charge in [-0.2, -0.15) is 0 Å². The number of carbonyl (C=O) groups excluding carboxylic acids is 2. The smallest absolute Gasteiger partial charge is 0.321 e. The second-order valence-corrected chi connectivity index (χ2v) is 5.45. The van der Waals surface area contributed by atoms with E-state index in [0.29, 0.717) is 5.13 Å². The number of hydrogen-bond acceptors (Lipinski definition) is 5. The van der Waals surface area contributed by atoms with Gasteiger partial charge in [0.05, 0.1) is 6.42 Å². The fourth-order valence-electron chi connectivity index (χ4n) is 1.14. The normalized spacial score (nSPS) is 10.9. The van der Waals surface area contributed by atoms with E-state index < -0.39 is 5.60 Å². The van der Waals surface area contributed by atoms with E-state index in [2.05, 4.69) is 15.6 Å². The van der Waals surface area contributed by atoms with Crippen molar-refractivity contribution in [3.8, 4) is 0 Å². The van der Waals surface area contributed by atoms with E-state index in [4.69, 9.17) is 4.74 Å². The highest BCUT2D eigenvalue weighted by molar-refractivity contribution is 7.13. The summed E-state index contributed by atoms with van der Waals surface area (Å²) in [6.07, 6.45) is 2.50. The SMILES string of the molecule is CCC(C)(C)OC(=O)CCNC(=O)Nc1nccs1. The maximum absolute atomic E-state index is 11.5. The molecule has 106 valence electrons. The Morgan fingerprint density at radius 2 is 2.21 bits per heavy atom. The number of anilines is 1. The molecule has 2 amide bonds. The van der Waals surface area contributed by atoms with Gasteiger partial charge < -0.3 is 10.1 Å². The molecule has 0 radical (unpaired) electrons. The summed E-state index contributed by atoms with van der Waals surface area (Å²) in [6, 6.07) is -0.377. The molecule has 0 saturated carbocycles.